The van der Waals surface area contributed by atoms with Gasteiger partial charge < -0.3 is 5.73 Å². The number of allylic oxidation sites excluding steroid dienone is 1. The van der Waals surface area contributed by atoms with Gasteiger partial charge in [-0.2, -0.15) is 0 Å². The van der Waals surface area contributed by atoms with E-state index in [0.717, 1.165) is 5.57 Å². The normalized spacial score (nSPS) is 18.9. The topological polar surface area (TPSA) is 79.3 Å². The third kappa shape index (κ3) is 1.07. The van der Waals surface area contributed by atoms with Gasteiger partial charge in [0.15, 0.2) is 0 Å². The van der Waals surface area contributed by atoms with Gasteiger partial charge in [0.05, 0.1) is 5.70 Å². The van der Waals surface area contributed by atoms with Gasteiger partial charge in [0.25, 0.3) is 5.91 Å². The molecule has 1 aliphatic heterocycles. The second kappa shape index (κ2) is 2.30. The monoisotopic (exact) mass is 151 g/mol. The van der Waals surface area contributed by atoms with Crippen LogP contribution in [0.3, 0.4) is 0 Å². The van der Waals surface area contributed by atoms with Crippen molar-refractivity contribution in [3.05, 3.63) is 11.3 Å². The molecular weight excluding hydrogens is 142 g/mol. The highest BCUT2D eigenvalue weighted by atomic mass is 16.1. The molecule has 0 aromatic rings. The lowest BCUT2D eigenvalue weighted by Crippen LogP contribution is -2.27. The molecule has 1 amide bonds. The Morgan fingerprint density at radius 3 is 2.55 bits per heavy atom. The van der Waals surface area contributed by atoms with Gasteiger partial charge in [0.1, 0.15) is 5.71 Å². The second-order valence-electron chi connectivity index (χ2n) is 2.42. The fourth-order valence-corrected chi connectivity index (χ4v) is 0.790. The first kappa shape index (κ1) is 7.65. The van der Waals surface area contributed by atoms with Crippen LogP contribution in [0.25, 0.3) is 0 Å². The fourth-order valence-electron chi connectivity index (χ4n) is 0.790. The standard InChI is InChI=1S/C7H9N3O/c1-3-4(2)10-7(11)6(9)5(3)8/h9H,8H2,1-2H3. The van der Waals surface area contributed by atoms with Gasteiger partial charge in [0, 0.05) is 5.71 Å². The third-order valence-electron chi connectivity index (χ3n) is 1.70. The van der Waals surface area contributed by atoms with Crippen LogP contribution in [0.15, 0.2) is 16.3 Å². The average molecular weight is 151 g/mol. The lowest BCUT2D eigenvalue weighted by molar-refractivity contribution is -0.111. The van der Waals surface area contributed by atoms with Crippen molar-refractivity contribution in [2.24, 2.45) is 10.7 Å². The number of hydrogen-bond donors (Lipinski definition) is 2. The van der Waals surface area contributed by atoms with Gasteiger partial charge in [-0.25, -0.2) is 4.99 Å². The molecule has 0 fully saturated rings. The van der Waals surface area contributed by atoms with Gasteiger partial charge in [0.2, 0.25) is 0 Å². The largest absolute Gasteiger partial charge is 0.397 e. The highest BCUT2D eigenvalue weighted by Gasteiger charge is 2.19. The lowest BCUT2D eigenvalue weighted by atomic mass is 10.0. The van der Waals surface area contributed by atoms with E-state index in [0.29, 0.717) is 5.71 Å². The summed E-state index contributed by atoms with van der Waals surface area (Å²) in [7, 11) is 0. The molecular formula is C7H9N3O. The molecule has 0 bridgehead atoms. The highest BCUT2D eigenvalue weighted by Crippen LogP contribution is 2.09. The molecule has 11 heavy (non-hydrogen) atoms. The average Bonchev–Trinajstić information content (AvgIpc) is 1.97. The Balaban J connectivity index is 3.22. The third-order valence-corrected chi connectivity index (χ3v) is 1.70. The van der Waals surface area contributed by atoms with Crippen molar-refractivity contribution in [2.45, 2.75) is 13.8 Å². The number of amides is 1. The zero-order valence-electron chi connectivity index (χ0n) is 6.43. The summed E-state index contributed by atoms with van der Waals surface area (Å²) in [6.45, 7) is 3.45. The molecule has 1 aliphatic rings. The second-order valence-corrected chi connectivity index (χ2v) is 2.42. The molecule has 4 nitrogen and oxygen atoms in total. The van der Waals surface area contributed by atoms with E-state index in [4.69, 9.17) is 11.1 Å². The molecule has 0 saturated carbocycles. The van der Waals surface area contributed by atoms with Gasteiger partial charge in [-0.3, -0.25) is 10.2 Å². The number of nitrogens with one attached hydrogen (secondary N) is 1. The first-order valence-electron chi connectivity index (χ1n) is 3.19. The van der Waals surface area contributed by atoms with Gasteiger partial charge >= 0.3 is 0 Å². The highest BCUT2D eigenvalue weighted by molar-refractivity contribution is 6.48. The van der Waals surface area contributed by atoms with E-state index in [1.165, 1.54) is 0 Å². The zero-order chi connectivity index (χ0) is 8.59. The molecule has 3 N–H and O–H groups in total. The van der Waals surface area contributed by atoms with Gasteiger partial charge in [-0.1, -0.05) is 0 Å². The van der Waals surface area contributed by atoms with E-state index in [1.54, 1.807) is 13.8 Å². The molecule has 1 rings (SSSR count). The molecule has 0 spiro atoms. The summed E-state index contributed by atoms with van der Waals surface area (Å²) in [6, 6.07) is 0. The maximum atomic E-state index is 10.8. The zero-order valence-corrected chi connectivity index (χ0v) is 6.43. The molecule has 0 aromatic heterocycles. The van der Waals surface area contributed by atoms with E-state index in [1.807, 2.05) is 0 Å². The van der Waals surface area contributed by atoms with Crippen molar-refractivity contribution in [2.75, 3.05) is 0 Å². The van der Waals surface area contributed by atoms with Crippen LogP contribution >= 0.6 is 0 Å². The summed E-state index contributed by atoms with van der Waals surface area (Å²) in [5.74, 6) is -0.550. The van der Waals surface area contributed by atoms with E-state index in [-0.39, 0.29) is 11.4 Å². The molecule has 4 heteroatoms. The summed E-state index contributed by atoms with van der Waals surface area (Å²) in [4.78, 5) is 14.4. The smallest absolute Gasteiger partial charge is 0.297 e. The fraction of sp³-hybridized carbons (Fsp3) is 0.286. The predicted octanol–water partition coefficient (Wildman–Crippen LogP) is 0.240. The van der Waals surface area contributed by atoms with Crippen molar-refractivity contribution in [3.63, 3.8) is 0 Å². The van der Waals surface area contributed by atoms with Crippen LogP contribution in [0.2, 0.25) is 0 Å². The first-order chi connectivity index (χ1) is 5.04. The van der Waals surface area contributed by atoms with Crippen LogP contribution in [-0.4, -0.2) is 17.3 Å². The Hall–Kier alpha value is -1.45. The maximum Gasteiger partial charge on any atom is 0.297 e. The summed E-state index contributed by atoms with van der Waals surface area (Å²) in [6.07, 6.45) is 0. The number of dihydropyridines is 1. The van der Waals surface area contributed by atoms with Crippen molar-refractivity contribution < 1.29 is 4.79 Å². The number of rotatable bonds is 0. The van der Waals surface area contributed by atoms with E-state index >= 15 is 0 Å². The van der Waals surface area contributed by atoms with Crippen molar-refractivity contribution in [3.8, 4) is 0 Å². The Morgan fingerprint density at radius 2 is 2.00 bits per heavy atom. The Kier molecular flexibility index (Phi) is 1.60. The van der Waals surface area contributed by atoms with Gasteiger partial charge in [-0.15, -0.1) is 0 Å². The van der Waals surface area contributed by atoms with Gasteiger partial charge in [-0.05, 0) is 19.4 Å². The summed E-state index contributed by atoms with van der Waals surface area (Å²) >= 11 is 0. The predicted molar refractivity (Wildman–Crippen MR) is 42.7 cm³/mol. The lowest BCUT2D eigenvalue weighted by Gasteiger charge is -2.11. The number of nitrogens with two attached hydrogens (primary N) is 1. The Morgan fingerprint density at radius 1 is 1.45 bits per heavy atom. The molecule has 58 valence electrons. The minimum Gasteiger partial charge on any atom is -0.397 e. The molecule has 0 aromatic carbocycles. The number of nitrogens with zero attached hydrogens (tertiary/aromatic N) is 1. The molecule has 0 radical (unpaired) electrons. The molecule has 0 unspecified atom stereocenters. The van der Waals surface area contributed by atoms with Crippen LogP contribution < -0.4 is 5.73 Å². The SMILES string of the molecule is CC1=NC(=O)C(=N)C(N)=C1C. The van der Waals surface area contributed by atoms with Crippen molar-refractivity contribution >= 4 is 17.3 Å². The summed E-state index contributed by atoms with van der Waals surface area (Å²) < 4.78 is 0. The Bertz CT molecular complexity index is 299. The molecule has 0 atom stereocenters. The van der Waals surface area contributed by atoms with Crippen LogP contribution in [0, 0.1) is 5.41 Å². The van der Waals surface area contributed by atoms with Crippen LogP contribution in [0.4, 0.5) is 0 Å². The molecule has 0 saturated heterocycles. The number of hydrogen-bond acceptors (Lipinski definition) is 3. The number of aliphatic imine (C=N–C) groups is 1. The summed E-state index contributed by atoms with van der Waals surface area (Å²) in [5, 5.41) is 7.18. The Labute approximate surface area is 64.3 Å². The maximum absolute atomic E-state index is 10.8. The van der Waals surface area contributed by atoms with Crippen molar-refractivity contribution in [1.82, 2.24) is 0 Å². The molecule has 1 heterocycles. The van der Waals surface area contributed by atoms with Crippen LogP contribution in [-0.2, 0) is 4.79 Å². The quantitative estimate of drug-likeness (QED) is 0.520. The van der Waals surface area contributed by atoms with E-state index in [2.05, 4.69) is 4.99 Å². The van der Waals surface area contributed by atoms with E-state index < -0.39 is 5.91 Å². The molecule has 0 aliphatic carbocycles. The minimum absolute atomic E-state index is 0.201. The minimum atomic E-state index is -0.550. The summed E-state index contributed by atoms with van der Waals surface area (Å²) in [5.41, 5.74) is 6.81. The first-order valence-corrected chi connectivity index (χ1v) is 3.19. The van der Waals surface area contributed by atoms with Crippen LogP contribution in [0.5, 0.6) is 0 Å². The van der Waals surface area contributed by atoms with E-state index in [9.17, 15) is 4.79 Å². The van der Waals surface area contributed by atoms with Crippen molar-refractivity contribution in [1.29, 1.82) is 5.41 Å². The number of carbonyl (C=O) groups is 1. The number of carbonyl (C=O) groups excluding carboxylic acids is 1. The van der Waals surface area contributed by atoms with Crippen LogP contribution in [0.1, 0.15) is 13.8 Å².